The number of rotatable bonds is 6. The predicted octanol–water partition coefficient (Wildman–Crippen LogP) is 10.7. The van der Waals surface area contributed by atoms with E-state index < -0.39 is 0 Å². The van der Waals surface area contributed by atoms with Crippen LogP contribution in [0.25, 0.3) is 61.6 Å². The van der Waals surface area contributed by atoms with Gasteiger partial charge in [0.05, 0.1) is 17.5 Å². The maximum Gasteiger partial charge on any atom is 0.264 e. The third-order valence-electron chi connectivity index (χ3n) is 10.0. The van der Waals surface area contributed by atoms with Crippen LogP contribution in [-0.2, 0) is 0 Å². The molecule has 2 heterocycles. The van der Waals surface area contributed by atoms with Crippen molar-refractivity contribution in [2.24, 2.45) is 0 Å². The summed E-state index contributed by atoms with van der Waals surface area (Å²) >= 11 is 0. The Kier molecular flexibility index (Phi) is 7.00. The average Bonchev–Trinajstić information content (AvgIpc) is 3.79. The van der Waals surface area contributed by atoms with E-state index in [0.29, 0.717) is 28.0 Å². The lowest BCUT2D eigenvalue weighted by Crippen LogP contribution is -2.15. The van der Waals surface area contributed by atoms with Crippen molar-refractivity contribution in [2.75, 3.05) is 0 Å². The molecule has 50 heavy (non-hydrogen) atoms. The molecular formula is C46H31N3O. The summed E-state index contributed by atoms with van der Waals surface area (Å²) < 4.78 is 1.71. The van der Waals surface area contributed by atoms with Crippen LogP contribution in [0.5, 0.6) is 0 Å². The Balaban J connectivity index is 1.36. The van der Waals surface area contributed by atoms with Gasteiger partial charge in [-0.15, -0.1) is 0 Å². The minimum Gasteiger partial charge on any atom is -0.268 e. The summed E-state index contributed by atoms with van der Waals surface area (Å²) in [5, 5.41) is 13.3. The number of hydrogen-bond donors (Lipinski definition) is 0. The number of hydrogen-bond acceptors (Lipinski definition) is 3. The van der Waals surface area contributed by atoms with Gasteiger partial charge in [-0.25, -0.2) is 4.98 Å². The van der Waals surface area contributed by atoms with Gasteiger partial charge in [0.25, 0.3) is 5.56 Å². The molecule has 1 saturated carbocycles. The molecule has 1 aliphatic carbocycles. The second-order valence-electron chi connectivity index (χ2n) is 13.0. The van der Waals surface area contributed by atoms with Crippen molar-refractivity contribution in [3.05, 3.63) is 190 Å². The maximum absolute atomic E-state index is 14.8. The van der Waals surface area contributed by atoms with Gasteiger partial charge in [-0.2, -0.15) is 5.26 Å². The molecule has 1 aliphatic rings. The van der Waals surface area contributed by atoms with Crippen LogP contribution in [0.1, 0.15) is 41.3 Å². The molecule has 0 radical (unpaired) electrons. The first-order chi connectivity index (χ1) is 24.6. The minimum absolute atomic E-state index is 0.147. The molecule has 2 aromatic heterocycles. The molecule has 0 saturated heterocycles. The van der Waals surface area contributed by atoms with Crippen molar-refractivity contribution in [1.29, 1.82) is 5.26 Å². The van der Waals surface area contributed by atoms with Crippen LogP contribution in [0.4, 0.5) is 0 Å². The summed E-state index contributed by atoms with van der Waals surface area (Å²) in [6.45, 7) is 1.77. The lowest BCUT2D eigenvalue weighted by Gasteiger charge is -2.16. The second kappa shape index (κ2) is 11.8. The van der Waals surface area contributed by atoms with Crippen LogP contribution in [0.15, 0.2) is 162 Å². The molecule has 0 bridgehead atoms. The maximum atomic E-state index is 14.8. The molecular weight excluding hydrogens is 611 g/mol. The fourth-order valence-electron chi connectivity index (χ4n) is 7.73. The Labute approximate surface area is 289 Å². The number of imidazole rings is 1. The van der Waals surface area contributed by atoms with E-state index in [2.05, 4.69) is 103 Å². The van der Waals surface area contributed by atoms with Gasteiger partial charge in [-0.05, 0) is 70.0 Å². The zero-order valence-corrected chi connectivity index (χ0v) is 27.4. The standard InChI is InChI=1S/C46H31N3O/c1-29(28-47)26-40-39(27-38-41(32-18-10-4-11-19-32)42(38)33-20-12-5-13-21-33)48-45-36-24-22-34(30-14-6-2-7-15-30)43-35(31-16-8-3-9-17-31)23-25-37(44(36)43)46(50)49(40)45/h2-27,41-42H,1H3/b29-26+,38-27?. The Morgan fingerprint density at radius 2 is 1.16 bits per heavy atom. The molecule has 0 amide bonds. The Bertz CT molecular complexity index is 2630. The van der Waals surface area contributed by atoms with Gasteiger partial charge in [0.1, 0.15) is 5.65 Å². The molecule has 4 heteroatoms. The molecule has 2 unspecified atom stereocenters. The largest absolute Gasteiger partial charge is 0.268 e. The van der Waals surface area contributed by atoms with E-state index in [-0.39, 0.29) is 17.4 Å². The predicted molar refractivity (Wildman–Crippen MR) is 204 cm³/mol. The van der Waals surface area contributed by atoms with E-state index in [0.717, 1.165) is 38.4 Å². The molecule has 1 fully saturated rings. The number of aromatic nitrogens is 2. The Morgan fingerprint density at radius 3 is 1.68 bits per heavy atom. The highest BCUT2D eigenvalue weighted by Gasteiger charge is 2.46. The summed E-state index contributed by atoms with van der Waals surface area (Å²) in [6, 6.07) is 52.3. The zero-order chi connectivity index (χ0) is 33.8. The number of nitrogens with zero attached hydrogens (tertiary/aromatic N) is 3. The van der Waals surface area contributed by atoms with Crippen LogP contribution >= 0.6 is 0 Å². The van der Waals surface area contributed by atoms with Crippen LogP contribution in [0, 0.1) is 11.3 Å². The molecule has 236 valence electrons. The Hall–Kier alpha value is -6.57. The van der Waals surface area contributed by atoms with Crippen LogP contribution in [-0.4, -0.2) is 9.38 Å². The molecule has 0 N–H and O–H groups in total. The van der Waals surface area contributed by atoms with E-state index in [1.54, 1.807) is 17.4 Å². The van der Waals surface area contributed by atoms with Crippen molar-refractivity contribution >= 4 is 39.3 Å². The third kappa shape index (κ3) is 4.75. The van der Waals surface area contributed by atoms with Crippen LogP contribution in [0.3, 0.4) is 0 Å². The van der Waals surface area contributed by atoms with Crippen LogP contribution in [0.2, 0.25) is 0 Å². The SMILES string of the molecule is C/C(C#N)=C\c1c(C=C2C(c3ccccc3)C2c2ccccc2)nc2c3ccc(-c4ccccc4)c4c(-c5ccccc5)ccc(c(=O)n12)c43. The average molecular weight is 642 g/mol. The van der Waals surface area contributed by atoms with Gasteiger partial charge in [-0.1, -0.05) is 139 Å². The fraction of sp³-hybridized carbons (Fsp3) is 0.0652. The van der Waals surface area contributed by atoms with Gasteiger partial charge < -0.3 is 0 Å². The normalized spacial score (nSPS) is 15.8. The van der Waals surface area contributed by atoms with Crippen LogP contribution < -0.4 is 5.56 Å². The summed E-state index contributed by atoms with van der Waals surface area (Å²) in [4.78, 5) is 20.0. The highest BCUT2D eigenvalue weighted by Crippen LogP contribution is 2.60. The van der Waals surface area contributed by atoms with Crippen molar-refractivity contribution < 1.29 is 0 Å². The summed E-state index contributed by atoms with van der Waals surface area (Å²) in [5.74, 6) is 0.397. The number of benzene rings is 6. The number of allylic oxidation sites excluding steroid dienone is 2. The summed E-state index contributed by atoms with van der Waals surface area (Å²) in [5.41, 5.74) is 10.3. The van der Waals surface area contributed by atoms with E-state index >= 15 is 0 Å². The number of pyridine rings is 1. The third-order valence-corrected chi connectivity index (χ3v) is 10.0. The van der Waals surface area contributed by atoms with Crippen molar-refractivity contribution in [2.45, 2.75) is 18.8 Å². The molecule has 0 spiro atoms. The molecule has 9 rings (SSSR count). The van der Waals surface area contributed by atoms with Gasteiger partial charge in [-0.3, -0.25) is 9.20 Å². The van der Waals surface area contributed by atoms with E-state index in [1.165, 1.54) is 16.7 Å². The fourth-order valence-corrected chi connectivity index (χ4v) is 7.73. The lowest BCUT2D eigenvalue weighted by atomic mass is 9.88. The highest BCUT2D eigenvalue weighted by atomic mass is 16.1. The van der Waals surface area contributed by atoms with E-state index in [9.17, 15) is 10.1 Å². The van der Waals surface area contributed by atoms with Gasteiger partial charge in [0, 0.05) is 33.6 Å². The monoisotopic (exact) mass is 641 g/mol. The summed E-state index contributed by atoms with van der Waals surface area (Å²) in [7, 11) is 0. The van der Waals surface area contributed by atoms with Crippen molar-refractivity contribution in [3.63, 3.8) is 0 Å². The number of nitriles is 1. The van der Waals surface area contributed by atoms with Crippen molar-refractivity contribution in [1.82, 2.24) is 9.38 Å². The molecule has 0 aliphatic heterocycles. The van der Waals surface area contributed by atoms with Gasteiger partial charge in [0.2, 0.25) is 0 Å². The summed E-state index contributed by atoms with van der Waals surface area (Å²) in [6.07, 6.45) is 3.96. The molecule has 6 aromatic carbocycles. The smallest absolute Gasteiger partial charge is 0.264 e. The van der Waals surface area contributed by atoms with Crippen molar-refractivity contribution in [3.8, 4) is 28.3 Å². The Morgan fingerprint density at radius 1 is 0.660 bits per heavy atom. The first kappa shape index (κ1) is 29.6. The van der Waals surface area contributed by atoms with Gasteiger partial charge >= 0.3 is 0 Å². The zero-order valence-electron chi connectivity index (χ0n) is 27.4. The number of fused-ring (bicyclic) bond motifs is 2. The first-order valence-corrected chi connectivity index (χ1v) is 16.9. The first-order valence-electron chi connectivity index (χ1n) is 16.9. The minimum atomic E-state index is -0.147. The quantitative estimate of drug-likeness (QED) is 0.170. The lowest BCUT2D eigenvalue weighted by molar-refractivity contribution is 1.03. The van der Waals surface area contributed by atoms with Gasteiger partial charge in [0.15, 0.2) is 0 Å². The highest BCUT2D eigenvalue weighted by molar-refractivity contribution is 6.23. The molecule has 8 aromatic rings. The van der Waals surface area contributed by atoms with E-state index in [1.807, 2.05) is 54.6 Å². The second-order valence-corrected chi connectivity index (χ2v) is 13.0. The molecule has 4 nitrogen and oxygen atoms in total. The van der Waals surface area contributed by atoms with E-state index in [4.69, 9.17) is 4.98 Å². The topological polar surface area (TPSA) is 58.2 Å². The molecule has 2 atom stereocenters.